The molecular formula is C14H19FO3. The maximum atomic E-state index is 13.5. The Bertz CT molecular complexity index is 389. The molecule has 0 spiro atoms. The van der Waals surface area contributed by atoms with Gasteiger partial charge in [-0.1, -0.05) is 6.07 Å². The van der Waals surface area contributed by atoms with E-state index < -0.39 is 11.9 Å². The smallest absolute Gasteiger partial charge is 0.165 e. The second-order valence-electron chi connectivity index (χ2n) is 4.65. The van der Waals surface area contributed by atoms with Gasteiger partial charge in [-0.3, -0.25) is 0 Å². The molecule has 1 fully saturated rings. The van der Waals surface area contributed by atoms with Gasteiger partial charge in [-0.2, -0.15) is 0 Å². The van der Waals surface area contributed by atoms with Crippen LogP contribution in [-0.4, -0.2) is 31.0 Å². The minimum Gasteiger partial charge on any atom is -0.494 e. The second-order valence-corrected chi connectivity index (χ2v) is 4.65. The molecular weight excluding hydrogens is 235 g/mol. The topological polar surface area (TPSA) is 38.7 Å². The van der Waals surface area contributed by atoms with Gasteiger partial charge in [0.25, 0.3) is 0 Å². The molecule has 18 heavy (non-hydrogen) atoms. The van der Waals surface area contributed by atoms with Crippen molar-refractivity contribution in [3.05, 3.63) is 29.6 Å². The summed E-state index contributed by atoms with van der Waals surface area (Å²) in [7, 11) is 1.43. The summed E-state index contributed by atoms with van der Waals surface area (Å²) in [6.07, 6.45) is 2.73. The minimum absolute atomic E-state index is 0.121. The number of hydrogen-bond acceptors (Lipinski definition) is 3. The predicted octanol–water partition coefficient (Wildman–Crippen LogP) is 2.31. The molecule has 1 aliphatic heterocycles. The van der Waals surface area contributed by atoms with E-state index in [0.717, 1.165) is 24.8 Å². The quantitative estimate of drug-likeness (QED) is 0.896. The van der Waals surface area contributed by atoms with Crippen LogP contribution in [-0.2, 0) is 11.2 Å². The van der Waals surface area contributed by atoms with Crippen LogP contribution in [0.1, 0.15) is 24.8 Å². The number of aliphatic hydroxyl groups excluding tert-OH is 1. The van der Waals surface area contributed by atoms with Gasteiger partial charge in [-0.15, -0.1) is 0 Å². The zero-order valence-electron chi connectivity index (χ0n) is 10.6. The van der Waals surface area contributed by atoms with Crippen LogP contribution in [0, 0.1) is 5.82 Å². The minimum atomic E-state index is -0.571. The summed E-state index contributed by atoms with van der Waals surface area (Å²) < 4.78 is 23.9. The maximum absolute atomic E-state index is 13.5. The maximum Gasteiger partial charge on any atom is 0.165 e. The highest BCUT2D eigenvalue weighted by Crippen LogP contribution is 2.22. The van der Waals surface area contributed by atoms with Crippen LogP contribution < -0.4 is 4.74 Å². The van der Waals surface area contributed by atoms with Crippen LogP contribution in [0.25, 0.3) is 0 Å². The van der Waals surface area contributed by atoms with Crippen LogP contribution >= 0.6 is 0 Å². The van der Waals surface area contributed by atoms with E-state index in [1.165, 1.54) is 13.2 Å². The fourth-order valence-electron chi connectivity index (χ4n) is 2.28. The molecule has 2 rings (SSSR count). The van der Waals surface area contributed by atoms with Gasteiger partial charge >= 0.3 is 0 Å². The molecule has 2 unspecified atom stereocenters. The second kappa shape index (κ2) is 6.16. The van der Waals surface area contributed by atoms with E-state index in [1.807, 2.05) is 0 Å². The van der Waals surface area contributed by atoms with Gasteiger partial charge in [0.05, 0.1) is 19.3 Å². The lowest BCUT2D eigenvalue weighted by atomic mass is 9.98. The number of hydrogen-bond donors (Lipinski definition) is 1. The van der Waals surface area contributed by atoms with Crippen LogP contribution in [0.5, 0.6) is 5.75 Å². The molecule has 100 valence electrons. The summed E-state index contributed by atoms with van der Waals surface area (Å²) in [5.41, 5.74) is 0.759. The first-order valence-corrected chi connectivity index (χ1v) is 6.33. The lowest BCUT2D eigenvalue weighted by molar-refractivity contribution is -0.0611. The zero-order valence-corrected chi connectivity index (χ0v) is 10.6. The van der Waals surface area contributed by atoms with Gasteiger partial charge < -0.3 is 14.6 Å². The monoisotopic (exact) mass is 254 g/mol. The first-order valence-electron chi connectivity index (χ1n) is 6.33. The van der Waals surface area contributed by atoms with Crippen LogP contribution in [0.2, 0.25) is 0 Å². The molecule has 1 aromatic rings. The predicted molar refractivity (Wildman–Crippen MR) is 66.3 cm³/mol. The fourth-order valence-corrected chi connectivity index (χ4v) is 2.28. The Labute approximate surface area is 107 Å². The van der Waals surface area contributed by atoms with Crippen molar-refractivity contribution < 1.29 is 19.0 Å². The highest BCUT2D eigenvalue weighted by molar-refractivity contribution is 5.29. The molecule has 2 atom stereocenters. The van der Waals surface area contributed by atoms with E-state index in [-0.39, 0.29) is 11.9 Å². The van der Waals surface area contributed by atoms with Crippen molar-refractivity contribution in [1.29, 1.82) is 0 Å². The first-order chi connectivity index (χ1) is 8.70. The Kier molecular flexibility index (Phi) is 4.55. The van der Waals surface area contributed by atoms with E-state index in [4.69, 9.17) is 9.47 Å². The van der Waals surface area contributed by atoms with Crippen molar-refractivity contribution in [2.24, 2.45) is 0 Å². The van der Waals surface area contributed by atoms with Crippen molar-refractivity contribution in [3.8, 4) is 5.75 Å². The molecule has 1 saturated heterocycles. The lowest BCUT2D eigenvalue weighted by Crippen LogP contribution is -2.33. The van der Waals surface area contributed by atoms with E-state index in [0.29, 0.717) is 13.0 Å². The Morgan fingerprint density at radius 1 is 1.50 bits per heavy atom. The SMILES string of the molecule is COc1ccc(CC(O)C2CCCCO2)cc1F. The van der Waals surface area contributed by atoms with E-state index in [1.54, 1.807) is 12.1 Å². The third-order valence-electron chi connectivity index (χ3n) is 3.31. The zero-order chi connectivity index (χ0) is 13.0. The van der Waals surface area contributed by atoms with Gasteiger partial charge in [0.15, 0.2) is 11.6 Å². The Hall–Kier alpha value is -1.13. The average Bonchev–Trinajstić information content (AvgIpc) is 2.40. The normalized spacial score (nSPS) is 21.6. The molecule has 1 aromatic carbocycles. The van der Waals surface area contributed by atoms with Gasteiger partial charge in [0.1, 0.15) is 0 Å². The third-order valence-corrected chi connectivity index (χ3v) is 3.31. The molecule has 3 nitrogen and oxygen atoms in total. The van der Waals surface area contributed by atoms with Crippen molar-refractivity contribution >= 4 is 0 Å². The molecule has 0 bridgehead atoms. The summed E-state index contributed by atoms with van der Waals surface area (Å²) in [5, 5.41) is 10.1. The van der Waals surface area contributed by atoms with E-state index >= 15 is 0 Å². The third kappa shape index (κ3) is 3.21. The van der Waals surface area contributed by atoms with Crippen molar-refractivity contribution in [3.63, 3.8) is 0 Å². The van der Waals surface area contributed by atoms with E-state index in [9.17, 15) is 9.50 Å². The Balaban J connectivity index is 1.97. The van der Waals surface area contributed by atoms with Gasteiger partial charge in [-0.05, 0) is 37.0 Å². The van der Waals surface area contributed by atoms with Crippen LogP contribution in [0.15, 0.2) is 18.2 Å². The first kappa shape index (κ1) is 13.3. The molecule has 1 aliphatic rings. The summed E-state index contributed by atoms with van der Waals surface area (Å²) in [6.45, 7) is 0.707. The highest BCUT2D eigenvalue weighted by Gasteiger charge is 2.22. The van der Waals surface area contributed by atoms with Crippen molar-refractivity contribution in [2.75, 3.05) is 13.7 Å². The van der Waals surface area contributed by atoms with Crippen LogP contribution in [0.4, 0.5) is 4.39 Å². The summed E-state index contributed by atoms with van der Waals surface area (Å²) >= 11 is 0. The molecule has 0 radical (unpaired) electrons. The van der Waals surface area contributed by atoms with Crippen molar-refractivity contribution in [1.82, 2.24) is 0 Å². The van der Waals surface area contributed by atoms with Crippen LogP contribution in [0.3, 0.4) is 0 Å². The van der Waals surface area contributed by atoms with E-state index in [2.05, 4.69) is 0 Å². The number of halogens is 1. The fraction of sp³-hybridized carbons (Fsp3) is 0.571. The molecule has 4 heteroatoms. The number of aliphatic hydroxyl groups is 1. The molecule has 0 saturated carbocycles. The highest BCUT2D eigenvalue weighted by atomic mass is 19.1. The van der Waals surface area contributed by atoms with Gasteiger partial charge in [0.2, 0.25) is 0 Å². The Morgan fingerprint density at radius 3 is 2.94 bits per heavy atom. The summed E-state index contributed by atoms with van der Waals surface area (Å²) in [4.78, 5) is 0. The molecule has 0 aliphatic carbocycles. The molecule has 0 aromatic heterocycles. The number of methoxy groups -OCH3 is 1. The average molecular weight is 254 g/mol. The Morgan fingerprint density at radius 2 is 2.33 bits per heavy atom. The molecule has 0 amide bonds. The molecule has 1 N–H and O–H groups in total. The standard InChI is InChI=1S/C14H19FO3/c1-17-13-6-5-10(8-11(13)15)9-12(16)14-4-2-3-7-18-14/h5-6,8,12,14,16H,2-4,7,9H2,1H3. The summed E-state index contributed by atoms with van der Waals surface area (Å²) in [6, 6.07) is 4.76. The van der Waals surface area contributed by atoms with Gasteiger partial charge in [0, 0.05) is 13.0 Å². The summed E-state index contributed by atoms with van der Waals surface area (Å²) in [5.74, 6) is -0.172. The number of ether oxygens (including phenoxy) is 2. The van der Waals surface area contributed by atoms with Crippen molar-refractivity contribution in [2.45, 2.75) is 37.9 Å². The molecule has 1 heterocycles. The largest absolute Gasteiger partial charge is 0.494 e. The van der Waals surface area contributed by atoms with Gasteiger partial charge in [-0.25, -0.2) is 4.39 Å². The lowest BCUT2D eigenvalue weighted by Gasteiger charge is -2.27. The number of benzene rings is 1. The number of rotatable bonds is 4.